The number of carboxylic acids is 1. The van der Waals surface area contributed by atoms with Gasteiger partial charge in [-0.2, -0.15) is 5.10 Å². The van der Waals surface area contributed by atoms with E-state index in [4.69, 9.17) is 0 Å². The number of carbonyl (C=O) groups is 1. The van der Waals surface area contributed by atoms with Gasteiger partial charge in [-0.1, -0.05) is 20.3 Å². The first-order valence-electron chi connectivity index (χ1n) is 6.74. The van der Waals surface area contributed by atoms with Gasteiger partial charge in [0, 0.05) is 13.1 Å². The maximum absolute atomic E-state index is 11.5. The summed E-state index contributed by atoms with van der Waals surface area (Å²) in [6.07, 6.45) is 1.05. The Hall–Kier alpha value is -1.65. The van der Waals surface area contributed by atoms with Gasteiger partial charge in [0.05, 0.1) is 5.69 Å². The van der Waals surface area contributed by atoms with E-state index < -0.39 is 5.97 Å². The van der Waals surface area contributed by atoms with Crippen molar-refractivity contribution in [2.24, 2.45) is 5.92 Å². The summed E-state index contributed by atoms with van der Waals surface area (Å²) in [6.45, 7) is 11.4. The summed E-state index contributed by atoms with van der Waals surface area (Å²) >= 11 is 0. The molecule has 0 bridgehead atoms. The van der Waals surface area contributed by atoms with Crippen molar-refractivity contribution in [2.45, 2.75) is 41.0 Å². The fourth-order valence-corrected chi connectivity index (χ4v) is 1.94. The molecule has 0 aliphatic rings. The zero-order chi connectivity index (χ0) is 14.6. The normalized spacial score (nSPS) is 12.3. The number of aryl methyl sites for hydroxylation is 1. The van der Waals surface area contributed by atoms with Crippen molar-refractivity contribution in [2.75, 3.05) is 18.0 Å². The number of nitrogens with zero attached hydrogens (tertiary/aromatic N) is 3. The van der Waals surface area contributed by atoms with Crippen molar-refractivity contribution in [3.63, 3.8) is 0 Å². The van der Waals surface area contributed by atoms with Gasteiger partial charge in [-0.05, 0) is 32.3 Å². The number of aromatic carboxylic acids is 1. The summed E-state index contributed by atoms with van der Waals surface area (Å²) in [6, 6.07) is 0. The molecule has 0 fully saturated rings. The molecule has 1 atom stereocenters. The minimum atomic E-state index is -0.937. The SMILES string of the molecule is CCC(C)CN(CC)c1nnc(C)c(C)c1C(=O)O. The molecule has 0 aliphatic heterocycles. The van der Waals surface area contributed by atoms with Gasteiger partial charge in [-0.3, -0.25) is 0 Å². The lowest BCUT2D eigenvalue weighted by Gasteiger charge is -2.26. The van der Waals surface area contributed by atoms with Crippen LogP contribution in [-0.4, -0.2) is 34.4 Å². The van der Waals surface area contributed by atoms with Crippen LogP contribution in [0.15, 0.2) is 0 Å². The van der Waals surface area contributed by atoms with E-state index in [1.54, 1.807) is 13.8 Å². The molecule has 0 saturated carbocycles. The number of hydrogen-bond donors (Lipinski definition) is 1. The van der Waals surface area contributed by atoms with Crippen molar-refractivity contribution in [3.8, 4) is 0 Å². The number of anilines is 1. The van der Waals surface area contributed by atoms with Crippen LogP contribution >= 0.6 is 0 Å². The fraction of sp³-hybridized carbons (Fsp3) is 0.643. The Bertz CT molecular complexity index is 460. The molecule has 0 aliphatic carbocycles. The van der Waals surface area contributed by atoms with E-state index in [0.29, 0.717) is 23.0 Å². The standard InChI is InChI=1S/C14H23N3O2/c1-6-9(3)8-17(7-2)13-12(14(18)19)10(4)11(5)15-16-13/h9H,6-8H2,1-5H3,(H,18,19). The number of aromatic nitrogens is 2. The third-order valence-corrected chi connectivity index (χ3v) is 3.56. The average molecular weight is 265 g/mol. The first kappa shape index (κ1) is 15.4. The molecule has 0 aromatic carbocycles. The van der Waals surface area contributed by atoms with Gasteiger partial charge in [0.1, 0.15) is 5.56 Å². The van der Waals surface area contributed by atoms with Crippen LogP contribution in [0.4, 0.5) is 5.82 Å². The first-order chi connectivity index (χ1) is 8.92. The van der Waals surface area contributed by atoms with Crippen molar-refractivity contribution in [1.29, 1.82) is 0 Å². The largest absolute Gasteiger partial charge is 0.478 e. The van der Waals surface area contributed by atoms with E-state index in [-0.39, 0.29) is 5.56 Å². The number of carboxylic acid groups (broad SMARTS) is 1. The lowest BCUT2D eigenvalue weighted by Crippen LogP contribution is -2.31. The van der Waals surface area contributed by atoms with E-state index in [1.807, 2.05) is 11.8 Å². The zero-order valence-electron chi connectivity index (χ0n) is 12.4. The molecule has 1 heterocycles. The minimum Gasteiger partial charge on any atom is -0.478 e. The Labute approximate surface area is 114 Å². The van der Waals surface area contributed by atoms with Crippen molar-refractivity contribution in [1.82, 2.24) is 10.2 Å². The van der Waals surface area contributed by atoms with Crippen LogP contribution in [0, 0.1) is 19.8 Å². The molecular formula is C14H23N3O2. The van der Waals surface area contributed by atoms with Crippen LogP contribution in [-0.2, 0) is 0 Å². The maximum atomic E-state index is 11.5. The Morgan fingerprint density at radius 2 is 1.95 bits per heavy atom. The molecule has 0 amide bonds. The molecule has 0 spiro atoms. The molecule has 0 saturated heterocycles. The molecule has 1 N–H and O–H groups in total. The molecule has 0 radical (unpaired) electrons. The second-order valence-electron chi connectivity index (χ2n) is 4.97. The topological polar surface area (TPSA) is 66.3 Å². The molecular weight excluding hydrogens is 242 g/mol. The van der Waals surface area contributed by atoms with E-state index in [0.717, 1.165) is 19.5 Å². The monoisotopic (exact) mass is 265 g/mol. The highest BCUT2D eigenvalue weighted by Gasteiger charge is 2.22. The third kappa shape index (κ3) is 3.43. The van der Waals surface area contributed by atoms with E-state index >= 15 is 0 Å². The lowest BCUT2D eigenvalue weighted by atomic mass is 10.1. The molecule has 1 aromatic heterocycles. The molecule has 19 heavy (non-hydrogen) atoms. The molecule has 1 unspecified atom stereocenters. The summed E-state index contributed by atoms with van der Waals surface area (Å²) in [5.74, 6) is 0.0384. The first-order valence-corrected chi connectivity index (χ1v) is 6.74. The van der Waals surface area contributed by atoms with Crippen LogP contribution in [0.2, 0.25) is 0 Å². The van der Waals surface area contributed by atoms with Gasteiger partial charge in [0.2, 0.25) is 0 Å². The Morgan fingerprint density at radius 1 is 1.32 bits per heavy atom. The number of rotatable bonds is 6. The highest BCUT2D eigenvalue weighted by Crippen LogP contribution is 2.23. The quantitative estimate of drug-likeness (QED) is 0.856. The van der Waals surface area contributed by atoms with Crippen molar-refractivity contribution < 1.29 is 9.90 Å². The molecule has 106 valence electrons. The third-order valence-electron chi connectivity index (χ3n) is 3.56. The molecule has 1 rings (SSSR count). The van der Waals surface area contributed by atoms with Gasteiger partial charge >= 0.3 is 5.97 Å². The zero-order valence-corrected chi connectivity index (χ0v) is 12.4. The summed E-state index contributed by atoms with van der Waals surface area (Å²) in [5.41, 5.74) is 1.64. The Balaban J connectivity index is 3.24. The second kappa shape index (κ2) is 6.50. The van der Waals surface area contributed by atoms with Crippen molar-refractivity contribution >= 4 is 11.8 Å². The van der Waals surface area contributed by atoms with Crippen molar-refractivity contribution in [3.05, 3.63) is 16.8 Å². The summed E-state index contributed by atoms with van der Waals surface area (Å²) < 4.78 is 0. The second-order valence-corrected chi connectivity index (χ2v) is 4.97. The van der Waals surface area contributed by atoms with Gasteiger partial charge in [-0.25, -0.2) is 4.79 Å². The van der Waals surface area contributed by atoms with Gasteiger partial charge < -0.3 is 10.0 Å². The average Bonchev–Trinajstić information content (AvgIpc) is 2.38. The number of hydrogen-bond acceptors (Lipinski definition) is 4. The summed E-state index contributed by atoms with van der Waals surface area (Å²) in [7, 11) is 0. The summed E-state index contributed by atoms with van der Waals surface area (Å²) in [5, 5.41) is 17.6. The van der Waals surface area contributed by atoms with Crippen LogP contribution in [0.25, 0.3) is 0 Å². The molecule has 1 aromatic rings. The smallest absolute Gasteiger partial charge is 0.339 e. The van der Waals surface area contributed by atoms with Gasteiger partial charge in [-0.15, -0.1) is 5.10 Å². The Morgan fingerprint density at radius 3 is 2.42 bits per heavy atom. The lowest BCUT2D eigenvalue weighted by molar-refractivity contribution is 0.0696. The van der Waals surface area contributed by atoms with Crippen LogP contribution in [0.3, 0.4) is 0 Å². The molecule has 5 heteroatoms. The molecule has 5 nitrogen and oxygen atoms in total. The van der Waals surface area contributed by atoms with E-state index in [1.165, 1.54) is 0 Å². The van der Waals surface area contributed by atoms with Gasteiger partial charge in [0.15, 0.2) is 5.82 Å². The van der Waals surface area contributed by atoms with E-state index in [9.17, 15) is 9.90 Å². The maximum Gasteiger partial charge on any atom is 0.339 e. The fourth-order valence-electron chi connectivity index (χ4n) is 1.94. The van der Waals surface area contributed by atoms with Crippen LogP contribution in [0.5, 0.6) is 0 Å². The van der Waals surface area contributed by atoms with E-state index in [2.05, 4.69) is 24.0 Å². The highest BCUT2D eigenvalue weighted by atomic mass is 16.4. The van der Waals surface area contributed by atoms with Crippen LogP contribution in [0.1, 0.15) is 48.8 Å². The van der Waals surface area contributed by atoms with Gasteiger partial charge in [0.25, 0.3) is 0 Å². The minimum absolute atomic E-state index is 0.276. The predicted molar refractivity (Wildman–Crippen MR) is 75.8 cm³/mol. The summed E-state index contributed by atoms with van der Waals surface area (Å²) in [4.78, 5) is 13.5. The predicted octanol–water partition coefficient (Wildman–Crippen LogP) is 2.66. The Kier molecular flexibility index (Phi) is 5.27. The highest BCUT2D eigenvalue weighted by molar-refractivity contribution is 5.95. The van der Waals surface area contributed by atoms with Crippen LogP contribution < -0.4 is 4.90 Å².